The number of benzene rings is 3. The van der Waals surface area contributed by atoms with E-state index in [1.807, 2.05) is 0 Å². The molecule has 3 aromatic rings. The minimum Gasteiger partial charge on any atom is -1.00 e. The van der Waals surface area contributed by atoms with Gasteiger partial charge in [0.1, 0.15) is 0 Å². The zero-order valence-corrected chi connectivity index (χ0v) is 42.9. The zero-order chi connectivity index (χ0) is 38.8. The first-order chi connectivity index (χ1) is 23.0. The maximum Gasteiger partial charge on any atom is 4.00 e. The summed E-state index contributed by atoms with van der Waals surface area (Å²) in [4.78, 5) is 0. The van der Waals surface area contributed by atoms with Gasteiger partial charge in [-0.05, 0) is 81.4 Å². The smallest absolute Gasteiger partial charge is 1.00 e. The maximum atomic E-state index is 4.22. The molecule has 302 valence electrons. The van der Waals surface area contributed by atoms with Gasteiger partial charge in [0.15, 0.2) is 8.07 Å². The Balaban J connectivity index is 0.00000729. The molecule has 0 amide bonds. The summed E-state index contributed by atoms with van der Waals surface area (Å²) in [5.74, 6) is 0. The topological polar surface area (TPSA) is 0 Å². The molecule has 0 aliphatic heterocycles. The number of hydrogen-bond donors (Lipinski definition) is 0. The molecule has 0 nitrogen and oxygen atoms in total. The van der Waals surface area contributed by atoms with Crippen molar-refractivity contribution in [2.45, 2.75) is 183 Å². The molecule has 3 aromatic carbocycles. The van der Waals surface area contributed by atoms with Gasteiger partial charge in [-0.25, -0.2) is 11.6 Å². The van der Waals surface area contributed by atoms with Gasteiger partial charge in [-0.3, -0.25) is 6.08 Å². The molecule has 0 saturated carbocycles. The van der Waals surface area contributed by atoms with E-state index in [2.05, 4.69) is 198 Å². The van der Waals surface area contributed by atoms with Crippen LogP contribution in [0.4, 0.5) is 0 Å². The van der Waals surface area contributed by atoms with Gasteiger partial charge in [0.05, 0.1) is 0 Å². The van der Waals surface area contributed by atoms with Gasteiger partial charge < -0.3 is 37.2 Å². The quantitative estimate of drug-likeness (QED) is 0.203. The van der Waals surface area contributed by atoms with Gasteiger partial charge in [-0.1, -0.05) is 205 Å². The standard InChI is InChI=1S/C50H73Si.3ClH.Ti/c1-20-21-34-22-23-41(24-34)51(42-28-35(45(2,3)4)25-36(29-42)46(5,6)7,43-30-37(47(8,9)10)26-38(31-43)48(11,12)13)44-32-39(49(14,15)16)27-40(33-44)50(17,18)19;;;;/h22,25-33H,20-21,23H2,1-19H3;3*1H;/q-1;;;;+4/p-3. The van der Waals surface area contributed by atoms with E-state index in [1.54, 1.807) is 0 Å². The van der Waals surface area contributed by atoms with Crippen LogP contribution in [-0.2, 0) is 54.2 Å². The third-order valence-corrected chi connectivity index (χ3v) is 15.8. The summed E-state index contributed by atoms with van der Waals surface area (Å²) < 4.78 is 0. The Morgan fingerprint density at radius 3 is 0.873 bits per heavy atom. The normalized spacial score (nSPS) is 14.2. The molecule has 5 heteroatoms. The number of allylic oxidation sites excluding steroid dienone is 4. The number of halogens is 3. The summed E-state index contributed by atoms with van der Waals surface area (Å²) in [6.45, 7) is 45.3. The van der Waals surface area contributed by atoms with E-state index in [-0.39, 0.29) is 91.4 Å². The summed E-state index contributed by atoms with van der Waals surface area (Å²) in [5.41, 5.74) is 9.95. The van der Waals surface area contributed by atoms with Crippen LogP contribution >= 0.6 is 0 Å². The molecule has 0 saturated heterocycles. The zero-order valence-electron chi connectivity index (χ0n) is 38.0. The summed E-state index contributed by atoms with van der Waals surface area (Å²) in [6.07, 6.45) is 9.90. The minimum atomic E-state index is -2.97. The van der Waals surface area contributed by atoms with Crippen molar-refractivity contribution in [1.82, 2.24) is 0 Å². The molecule has 1 aliphatic rings. The Kier molecular flexibility index (Phi) is 18.1. The van der Waals surface area contributed by atoms with E-state index in [9.17, 15) is 0 Å². The van der Waals surface area contributed by atoms with E-state index in [1.165, 1.54) is 59.7 Å². The van der Waals surface area contributed by atoms with Gasteiger partial charge in [0, 0.05) is 0 Å². The molecule has 0 heterocycles. The summed E-state index contributed by atoms with van der Waals surface area (Å²) in [6, 6.07) is 23.3. The molecular weight excluding hydrogens is 783 g/mol. The molecular formula is C50H73Cl3SiTi. The average molecular weight is 856 g/mol. The van der Waals surface area contributed by atoms with E-state index < -0.39 is 8.07 Å². The van der Waals surface area contributed by atoms with Crippen LogP contribution in [0, 0.1) is 6.08 Å². The van der Waals surface area contributed by atoms with Gasteiger partial charge in [-0.2, -0.15) is 5.20 Å². The van der Waals surface area contributed by atoms with Crippen LogP contribution < -0.4 is 52.8 Å². The maximum absolute atomic E-state index is 4.22. The predicted molar refractivity (Wildman–Crippen MR) is 231 cm³/mol. The molecule has 0 bridgehead atoms. The van der Waals surface area contributed by atoms with Crippen LogP contribution in [-0.4, -0.2) is 8.07 Å². The van der Waals surface area contributed by atoms with Crippen molar-refractivity contribution in [3.8, 4) is 0 Å². The first-order valence-electron chi connectivity index (χ1n) is 19.8. The summed E-state index contributed by atoms with van der Waals surface area (Å²) >= 11 is 0. The fraction of sp³-hybridized carbons (Fsp3) is 0.560. The van der Waals surface area contributed by atoms with Crippen molar-refractivity contribution < 1.29 is 58.9 Å². The fourth-order valence-corrected chi connectivity index (χ4v) is 12.4. The third-order valence-electron chi connectivity index (χ3n) is 11.1. The molecule has 0 spiro atoms. The van der Waals surface area contributed by atoms with Crippen LogP contribution in [0.2, 0.25) is 0 Å². The molecule has 0 radical (unpaired) electrons. The van der Waals surface area contributed by atoms with E-state index in [4.69, 9.17) is 0 Å². The second-order valence-electron chi connectivity index (χ2n) is 21.9. The summed E-state index contributed by atoms with van der Waals surface area (Å²) in [5, 5.41) is 6.02. The molecule has 0 aromatic heterocycles. The predicted octanol–water partition coefficient (Wildman–Crippen LogP) is 3.35. The van der Waals surface area contributed by atoms with E-state index >= 15 is 0 Å². The average Bonchev–Trinajstić information content (AvgIpc) is 3.43. The molecule has 0 unspecified atom stereocenters. The number of rotatable bonds is 6. The van der Waals surface area contributed by atoms with E-state index in [0.717, 1.165) is 19.3 Å². The minimum absolute atomic E-state index is 0. The Morgan fingerprint density at radius 2 is 0.673 bits per heavy atom. The summed E-state index contributed by atoms with van der Waals surface area (Å²) in [7, 11) is -2.97. The Labute approximate surface area is 374 Å². The largest absolute Gasteiger partial charge is 4.00 e. The van der Waals surface area contributed by atoms with Crippen LogP contribution in [0.15, 0.2) is 71.4 Å². The monoisotopic (exact) mass is 854 g/mol. The van der Waals surface area contributed by atoms with Crippen molar-refractivity contribution in [3.63, 3.8) is 0 Å². The van der Waals surface area contributed by atoms with Crippen LogP contribution in [0.3, 0.4) is 0 Å². The van der Waals surface area contributed by atoms with Crippen LogP contribution in [0.25, 0.3) is 0 Å². The molecule has 0 N–H and O–H groups in total. The molecule has 55 heavy (non-hydrogen) atoms. The van der Waals surface area contributed by atoms with Crippen LogP contribution in [0.5, 0.6) is 0 Å². The van der Waals surface area contributed by atoms with E-state index in [0.29, 0.717) is 0 Å². The van der Waals surface area contributed by atoms with Crippen molar-refractivity contribution in [2.24, 2.45) is 0 Å². The Bertz CT molecular complexity index is 1540. The second-order valence-corrected chi connectivity index (χ2v) is 25.8. The van der Waals surface area contributed by atoms with Crippen LogP contribution in [0.1, 0.15) is 184 Å². The first kappa shape index (κ1) is 53.9. The van der Waals surface area contributed by atoms with Gasteiger partial charge in [0.2, 0.25) is 0 Å². The fourth-order valence-electron chi connectivity index (χ4n) is 7.35. The third kappa shape index (κ3) is 12.0. The van der Waals surface area contributed by atoms with Gasteiger partial charge >= 0.3 is 21.7 Å². The van der Waals surface area contributed by atoms with Crippen molar-refractivity contribution in [1.29, 1.82) is 0 Å². The Morgan fingerprint density at radius 1 is 0.436 bits per heavy atom. The van der Waals surface area contributed by atoms with Crippen molar-refractivity contribution in [2.75, 3.05) is 0 Å². The number of hydrogen-bond acceptors (Lipinski definition) is 0. The second kappa shape index (κ2) is 18.5. The SMILES string of the molecule is CCCC1=CCC([Si](c2cc(C(C)(C)C)cc(C(C)(C)C)c2)(c2cc(C(C)(C)C)cc(C(C)(C)C)c2)c2cc(C(C)(C)C)cc(C(C)(C)C)c2)=[C-]1.[Cl-].[Cl-].[Cl-].[Ti+4]. The van der Waals surface area contributed by atoms with Crippen molar-refractivity contribution in [3.05, 3.63) is 111 Å². The molecule has 0 fully saturated rings. The van der Waals surface area contributed by atoms with Gasteiger partial charge in [0.25, 0.3) is 0 Å². The first-order valence-corrected chi connectivity index (χ1v) is 21.8. The molecule has 1 aliphatic carbocycles. The molecule has 0 atom stereocenters. The van der Waals surface area contributed by atoms with Crippen molar-refractivity contribution >= 4 is 23.6 Å². The van der Waals surface area contributed by atoms with Gasteiger partial charge in [-0.15, -0.1) is 0 Å². The Hall–Kier alpha value is -1.06. The molecule has 4 rings (SSSR count).